The van der Waals surface area contributed by atoms with E-state index in [1.54, 1.807) is 24.3 Å². The van der Waals surface area contributed by atoms with Crippen LogP contribution in [-0.4, -0.2) is 38.5 Å². The van der Waals surface area contributed by atoms with Crippen LogP contribution in [0.3, 0.4) is 0 Å². The van der Waals surface area contributed by atoms with Gasteiger partial charge in [-0.3, -0.25) is 9.59 Å². The lowest BCUT2D eigenvalue weighted by Gasteiger charge is -2.49. The fourth-order valence-corrected chi connectivity index (χ4v) is 8.65. The minimum atomic E-state index is -4.24. The van der Waals surface area contributed by atoms with Crippen LogP contribution in [0, 0.1) is 17.8 Å². The van der Waals surface area contributed by atoms with Crippen LogP contribution >= 0.6 is 11.6 Å². The van der Waals surface area contributed by atoms with Gasteiger partial charge in [-0.25, -0.2) is 0 Å². The van der Waals surface area contributed by atoms with E-state index in [0.29, 0.717) is 48.9 Å². The second-order valence-electron chi connectivity index (χ2n) is 14.8. The third kappa shape index (κ3) is 6.57. The van der Waals surface area contributed by atoms with Crippen LogP contribution in [0.4, 0.5) is 0 Å². The number of ketones is 2. The van der Waals surface area contributed by atoms with Gasteiger partial charge in [0, 0.05) is 47.8 Å². The lowest BCUT2D eigenvalue weighted by Crippen LogP contribution is -2.45. The number of aryl methyl sites for hydroxylation is 1. The molecule has 48 heavy (non-hydrogen) atoms. The van der Waals surface area contributed by atoms with E-state index in [1.165, 1.54) is 24.8 Å². The van der Waals surface area contributed by atoms with Crippen LogP contribution in [0.15, 0.2) is 94.2 Å². The summed E-state index contributed by atoms with van der Waals surface area (Å²) in [6.07, 6.45) is 2.79. The van der Waals surface area contributed by atoms with Gasteiger partial charge in [-0.2, -0.15) is 8.42 Å². The van der Waals surface area contributed by atoms with Crippen molar-refractivity contribution >= 4 is 33.3 Å². The molecule has 0 unspecified atom stereocenters. The van der Waals surface area contributed by atoms with E-state index in [-0.39, 0.29) is 43.8 Å². The summed E-state index contributed by atoms with van der Waals surface area (Å²) >= 11 is 6.83. The largest absolute Gasteiger partial charge is 0.493 e. The Kier molecular flexibility index (Phi) is 8.88. The first-order valence-electron chi connectivity index (χ1n) is 16.3. The molecule has 0 fully saturated rings. The summed E-state index contributed by atoms with van der Waals surface area (Å²) < 4.78 is 37.8. The summed E-state index contributed by atoms with van der Waals surface area (Å²) in [7, 11) is -2.83. The normalized spacial score (nSPS) is 19.3. The Labute approximate surface area is 288 Å². The Hall–Kier alpha value is -3.88. The number of allylic oxidation sites excluding steroid dienone is 4. The molecule has 9 heteroatoms. The fraction of sp³-hybridized carbons (Fsp3) is 0.385. The number of hydrogen-bond donors (Lipinski definition) is 0. The molecule has 3 aliphatic rings. The van der Waals surface area contributed by atoms with Crippen molar-refractivity contribution in [3.05, 3.63) is 111 Å². The van der Waals surface area contributed by atoms with E-state index in [2.05, 4.69) is 44.7 Å². The van der Waals surface area contributed by atoms with E-state index in [4.69, 9.17) is 20.5 Å². The van der Waals surface area contributed by atoms with Gasteiger partial charge in [0.2, 0.25) is 5.75 Å². The van der Waals surface area contributed by atoms with Gasteiger partial charge in [-0.1, -0.05) is 87.3 Å². The first-order chi connectivity index (χ1) is 22.6. The highest BCUT2D eigenvalue weighted by molar-refractivity contribution is 7.87. The van der Waals surface area contributed by atoms with Crippen LogP contribution in [0.5, 0.6) is 11.5 Å². The lowest BCUT2D eigenvalue weighted by atomic mass is 9.63. The first-order valence-corrected chi connectivity index (χ1v) is 18.1. The van der Waals surface area contributed by atoms with Gasteiger partial charge in [0.05, 0.1) is 12.1 Å². The van der Waals surface area contributed by atoms with Gasteiger partial charge >= 0.3 is 10.1 Å². The molecule has 0 amide bonds. The van der Waals surface area contributed by atoms with Crippen LogP contribution < -0.4 is 8.92 Å². The summed E-state index contributed by atoms with van der Waals surface area (Å²) in [4.78, 5) is 30.7. The monoisotopic (exact) mass is 687 g/mol. The van der Waals surface area contributed by atoms with Crippen molar-refractivity contribution in [1.82, 2.24) is 4.90 Å². The van der Waals surface area contributed by atoms with Gasteiger partial charge in [-0.05, 0) is 72.4 Å². The third-order valence-electron chi connectivity index (χ3n) is 9.58. The van der Waals surface area contributed by atoms with Gasteiger partial charge in [0.25, 0.3) is 0 Å². The summed E-state index contributed by atoms with van der Waals surface area (Å²) in [5.41, 5.74) is 5.23. The first kappa shape index (κ1) is 34.0. The minimum Gasteiger partial charge on any atom is -0.493 e. The van der Waals surface area contributed by atoms with E-state index in [9.17, 15) is 18.0 Å². The number of nitrogens with zero attached hydrogens (tertiary/aromatic N) is 1. The molecular formula is C39H42ClNO6S. The molecule has 3 aromatic carbocycles. The van der Waals surface area contributed by atoms with E-state index in [1.807, 2.05) is 25.1 Å². The molecule has 0 saturated heterocycles. The molecule has 0 N–H and O–H groups in total. The van der Waals surface area contributed by atoms with E-state index >= 15 is 0 Å². The zero-order valence-corrected chi connectivity index (χ0v) is 29.9. The summed E-state index contributed by atoms with van der Waals surface area (Å²) in [5.74, 6) is -0.741. The summed E-state index contributed by atoms with van der Waals surface area (Å²) in [5, 5.41) is 0.00280. The highest BCUT2D eigenvalue weighted by atomic mass is 35.5. The molecule has 6 rings (SSSR count). The van der Waals surface area contributed by atoms with E-state index < -0.39 is 16.0 Å². The minimum absolute atomic E-state index is 0.00231. The molecular weight excluding hydrogens is 646 g/mol. The Morgan fingerprint density at radius 3 is 1.94 bits per heavy atom. The quantitative estimate of drug-likeness (QED) is 0.220. The topological polar surface area (TPSA) is 90.0 Å². The molecule has 0 spiro atoms. The Bertz CT molecular complexity index is 1900. The molecule has 0 aromatic heterocycles. The lowest BCUT2D eigenvalue weighted by molar-refractivity contribution is -0.119. The predicted molar refractivity (Wildman–Crippen MR) is 187 cm³/mol. The van der Waals surface area contributed by atoms with Gasteiger partial charge in [0.15, 0.2) is 17.3 Å². The molecule has 3 aromatic rings. The third-order valence-corrected chi connectivity index (χ3v) is 11.1. The zero-order valence-electron chi connectivity index (χ0n) is 28.4. The number of halogens is 1. The van der Waals surface area contributed by atoms with Crippen LogP contribution in [0.25, 0.3) is 0 Å². The molecule has 7 nitrogen and oxygen atoms in total. The van der Waals surface area contributed by atoms with Crippen molar-refractivity contribution in [3.63, 3.8) is 0 Å². The number of hydrogen-bond acceptors (Lipinski definition) is 7. The molecule has 1 aliphatic heterocycles. The van der Waals surface area contributed by atoms with Crippen molar-refractivity contribution in [2.24, 2.45) is 10.8 Å². The number of ether oxygens (including phenoxy) is 1. The molecule has 252 valence electrons. The van der Waals surface area contributed by atoms with Gasteiger partial charge in [-0.15, -0.1) is 0 Å². The van der Waals surface area contributed by atoms with Gasteiger partial charge < -0.3 is 13.8 Å². The Morgan fingerprint density at radius 1 is 0.833 bits per heavy atom. The standard InChI is InChI=1S/C39H42ClNO6S/c1-24-12-14-27(15-13-24)48(44,45)47-37-28(40)18-26(19-33(37)46-6)34-35-29(20-38(2,3)22-31(35)42)41(17-16-25-10-8-7-9-11-25)30-21-39(4,5)23-32(43)36(30)34/h7-15,18-19,34H,16-17,20-23H2,1-6H3. The maximum absolute atomic E-state index is 14.2. The maximum atomic E-state index is 14.2. The number of carbonyl (C=O) groups is 2. The SMILES string of the molecule is COc1cc(C2C3=C(CC(C)(C)CC3=O)N(CCc3ccccc3)C3=C2C(=O)CC(C)(C)C3)cc(Cl)c1OS(=O)(=O)c1ccc(C)cc1. The second kappa shape index (κ2) is 12.5. The molecule has 2 aliphatic carbocycles. The van der Waals surface area contributed by atoms with Crippen LogP contribution in [-0.2, 0) is 26.1 Å². The number of methoxy groups -OCH3 is 1. The number of carbonyl (C=O) groups excluding carboxylic acids is 2. The molecule has 0 bridgehead atoms. The molecule has 0 radical (unpaired) electrons. The highest BCUT2D eigenvalue weighted by Crippen LogP contribution is 2.55. The predicted octanol–water partition coefficient (Wildman–Crippen LogP) is 8.35. The molecule has 0 saturated carbocycles. The summed E-state index contributed by atoms with van der Waals surface area (Å²) in [6.45, 7) is 10.9. The fourth-order valence-electron chi connectivity index (χ4n) is 7.39. The summed E-state index contributed by atoms with van der Waals surface area (Å²) in [6, 6.07) is 19.8. The van der Waals surface area contributed by atoms with Crippen molar-refractivity contribution in [2.45, 2.75) is 77.5 Å². The molecule has 0 atom stereocenters. The van der Waals surface area contributed by atoms with Crippen LogP contribution in [0.2, 0.25) is 5.02 Å². The van der Waals surface area contributed by atoms with E-state index in [0.717, 1.165) is 23.4 Å². The Balaban J connectivity index is 1.50. The van der Waals surface area contributed by atoms with Crippen molar-refractivity contribution < 1.29 is 26.9 Å². The number of Topliss-reactive ketones (excluding diaryl/α,β-unsaturated/α-hetero) is 2. The Morgan fingerprint density at radius 2 is 1.40 bits per heavy atom. The zero-order chi connectivity index (χ0) is 34.6. The van der Waals surface area contributed by atoms with Gasteiger partial charge in [0.1, 0.15) is 4.90 Å². The molecule has 1 heterocycles. The highest BCUT2D eigenvalue weighted by Gasteiger charge is 2.49. The second-order valence-corrected chi connectivity index (χ2v) is 16.8. The van der Waals surface area contributed by atoms with Crippen molar-refractivity contribution in [3.8, 4) is 11.5 Å². The van der Waals surface area contributed by atoms with Crippen LogP contribution in [0.1, 0.15) is 76.0 Å². The maximum Gasteiger partial charge on any atom is 0.339 e. The average molecular weight is 688 g/mol. The number of benzene rings is 3. The smallest absolute Gasteiger partial charge is 0.339 e. The van der Waals surface area contributed by atoms with Crippen molar-refractivity contribution in [1.29, 1.82) is 0 Å². The number of rotatable bonds is 8. The van der Waals surface area contributed by atoms with Crippen molar-refractivity contribution in [2.75, 3.05) is 13.7 Å². The average Bonchev–Trinajstić information content (AvgIpc) is 3.00.